The first-order chi connectivity index (χ1) is 31.9. The van der Waals surface area contributed by atoms with Gasteiger partial charge in [0.05, 0.1) is 22.2 Å². The maximum Gasteiger partial charge on any atom is 0.0648 e. The van der Waals surface area contributed by atoms with Gasteiger partial charge in [-0.05, 0) is 134 Å². The molecule has 0 aliphatic carbocycles. The molecule has 13 rings (SSSR count). The number of para-hydroxylation sites is 2. The highest BCUT2D eigenvalue weighted by atomic mass is 15.2. The van der Waals surface area contributed by atoms with Gasteiger partial charge in [-0.3, -0.25) is 0 Å². The van der Waals surface area contributed by atoms with Gasteiger partial charge < -0.3 is 14.2 Å². The van der Waals surface area contributed by atoms with Crippen molar-refractivity contribution in [3.8, 4) is 0 Å². The van der Waals surface area contributed by atoms with Gasteiger partial charge in [-0.1, -0.05) is 154 Å². The number of anilines is 6. The largest absolute Gasteiger partial charge is 0.310 e. The number of fused-ring (bicyclic) bond motifs is 11. The number of aromatic nitrogens is 1. The van der Waals surface area contributed by atoms with Crippen LogP contribution in [0.15, 0.2) is 218 Å². The molecule has 0 unspecified atom stereocenters. The van der Waals surface area contributed by atoms with Crippen LogP contribution in [0.4, 0.5) is 34.1 Å². The number of hydrogen-bond donors (Lipinski definition) is 0. The van der Waals surface area contributed by atoms with Crippen LogP contribution < -0.4 is 9.80 Å². The van der Waals surface area contributed by atoms with E-state index in [1.165, 1.54) is 92.4 Å². The zero-order valence-corrected chi connectivity index (χ0v) is 36.6. The molecule has 0 N–H and O–H groups in total. The summed E-state index contributed by atoms with van der Waals surface area (Å²) in [5.41, 5.74) is 11.8. The summed E-state index contributed by atoms with van der Waals surface area (Å²) in [5, 5.41) is 14.9. The molecule has 0 bridgehead atoms. The topological polar surface area (TPSA) is 10.9 Å². The second-order valence-corrected chi connectivity index (χ2v) is 18.6. The van der Waals surface area contributed by atoms with Crippen molar-refractivity contribution >= 4 is 115 Å². The molecule has 308 valence electrons. The molecule has 0 atom stereocenters. The fourth-order valence-corrected chi connectivity index (χ4v) is 10.6. The summed E-state index contributed by atoms with van der Waals surface area (Å²) in [7, 11) is 0. The Morgan fingerprint density at radius 2 is 0.815 bits per heavy atom. The third-order valence-corrected chi connectivity index (χ3v) is 13.7. The molecule has 0 amide bonds. The molecule has 3 heteroatoms. The summed E-state index contributed by atoms with van der Waals surface area (Å²) in [6.45, 7) is 6.96. The molecule has 65 heavy (non-hydrogen) atoms. The fourth-order valence-electron chi connectivity index (χ4n) is 10.6. The molecule has 0 aliphatic heterocycles. The predicted molar refractivity (Wildman–Crippen MR) is 279 cm³/mol. The summed E-state index contributed by atoms with van der Waals surface area (Å²) < 4.78 is 2.57. The quantitative estimate of drug-likeness (QED) is 0.165. The van der Waals surface area contributed by atoms with E-state index >= 15 is 0 Å². The third-order valence-electron chi connectivity index (χ3n) is 13.7. The van der Waals surface area contributed by atoms with E-state index in [2.05, 4.69) is 253 Å². The van der Waals surface area contributed by atoms with Gasteiger partial charge in [0, 0.05) is 55.4 Å². The molecular formula is C62H45N3. The maximum atomic E-state index is 2.57. The van der Waals surface area contributed by atoms with Crippen molar-refractivity contribution in [2.45, 2.75) is 26.2 Å². The standard InChI is InChI=1S/C62H45N3/c1-62(2,3)46-29-33-56-55(39-46)59-60(64(48-22-8-5-9-23-48)51-31-27-41-17-11-13-19-43(41)35-51)53-25-15-14-24-52(53)58-54-37-45-36-50(32-28-44(45)38-57(54)65(56)61(58)59)63(47-20-6-4-7-21-47)49-30-26-40-16-10-12-18-42(40)34-49/h4-39H,1-3H3. The summed E-state index contributed by atoms with van der Waals surface area (Å²) in [6, 6.07) is 80.8. The molecule has 0 saturated carbocycles. The number of hydrogen-bond acceptors (Lipinski definition) is 2. The van der Waals surface area contributed by atoms with Gasteiger partial charge in [0.1, 0.15) is 0 Å². The Labute approximate surface area is 378 Å². The molecule has 2 aromatic heterocycles. The van der Waals surface area contributed by atoms with E-state index in [9.17, 15) is 0 Å². The van der Waals surface area contributed by atoms with Crippen molar-refractivity contribution in [2.24, 2.45) is 0 Å². The molecule has 0 aliphatic rings. The van der Waals surface area contributed by atoms with Crippen molar-refractivity contribution in [3.05, 3.63) is 224 Å². The lowest BCUT2D eigenvalue weighted by atomic mass is 9.86. The lowest BCUT2D eigenvalue weighted by molar-refractivity contribution is 0.591. The number of rotatable bonds is 6. The van der Waals surface area contributed by atoms with Crippen LogP contribution in [0.3, 0.4) is 0 Å². The van der Waals surface area contributed by atoms with E-state index in [0.717, 1.165) is 28.4 Å². The normalized spacial score (nSPS) is 12.2. The molecular weight excluding hydrogens is 787 g/mol. The van der Waals surface area contributed by atoms with Crippen molar-refractivity contribution in [1.29, 1.82) is 0 Å². The molecule has 13 aromatic rings. The highest BCUT2D eigenvalue weighted by Gasteiger charge is 2.29. The van der Waals surface area contributed by atoms with Gasteiger partial charge in [0.15, 0.2) is 0 Å². The molecule has 11 aromatic carbocycles. The van der Waals surface area contributed by atoms with E-state index in [-0.39, 0.29) is 5.41 Å². The van der Waals surface area contributed by atoms with Crippen LogP contribution in [0.1, 0.15) is 26.3 Å². The second-order valence-electron chi connectivity index (χ2n) is 18.6. The Morgan fingerprint density at radius 1 is 0.323 bits per heavy atom. The number of benzene rings is 11. The number of nitrogens with zero attached hydrogens (tertiary/aromatic N) is 3. The predicted octanol–water partition coefficient (Wildman–Crippen LogP) is 17.7. The van der Waals surface area contributed by atoms with Crippen molar-refractivity contribution in [1.82, 2.24) is 4.40 Å². The lowest BCUT2D eigenvalue weighted by Crippen LogP contribution is -2.11. The molecule has 0 saturated heterocycles. The lowest BCUT2D eigenvalue weighted by Gasteiger charge is -2.28. The molecule has 2 heterocycles. The Kier molecular flexibility index (Phi) is 8.17. The van der Waals surface area contributed by atoms with Crippen LogP contribution in [0.25, 0.3) is 81.2 Å². The minimum absolute atomic E-state index is 0.0314. The minimum atomic E-state index is -0.0314. The van der Waals surface area contributed by atoms with E-state index in [1.807, 2.05) is 0 Å². The molecule has 0 radical (unpaired) electrons. The SMILES string of the molecule is CC(C)(C)c1ccc2c(c1)c1c(N(c3ccccc3)c3ccc4ccccc4c3)c3ccccc3c3c4cc5cc(N(c6ccccc6)c6ccc7ccccc7c6)ccc5cc4n2c13. The highest BCUT2D eigenvalue weighted by Crippen LogP contribution is 2.53. The monoisotopic (exact) mass is 831 g/mol. The van der Waals surface area contributed by atoms with Crippen LogP contribution in [-0.4, -0.2) is 4.40 Å². The average molecular weight is 832 g/mol. The Balaban J connectivity index is 1.13. The Hall–Kier alpha value is -8.14. The van der Waals surface area contributed by atoms with Gasteiger partial charge >= 0.3 is 0 Å². The summed E-state index contributed by atoms with van der Waals surface area (Å²) in [6.07, 6.45) is 0. The first kappa shape index (κ1) is 37.4. The molecule has 0 spiro atoms. The summed E-state index contributed by atoms with van der Waals surface area (Å²) >= 11 is 0. The van der Waals surface area contributed by atoms with Crippen molar-refractivity contribution < 1.29 is 0 Å². The van der Waals surface area contributed by atoms with Crippen LogP contribution in [0, 0.1) is 0 Å². The van der Waals surface area contributed by atoms with Gasteiger partial charge in [-0.25, -0.2) is 0 Å². The van der Waals surface area contributed by atoms with Crippen LogP contribution in [0.2, 0.25) is 0 Å². The van der Waals surface area contributed by atoms with Crippen molar-refractivity contribution in [2.75, 3.05) is 9.80 Å². The van der Waals surface area contributed by atoms with Gasteiger partial charge in [-0.2, -0.15) is 0 Å². The van der Waals surface area contributed by atoms with E-state index < -0.39 is 0 Å². The van der Waals surface area contributed by atoms with Gasteiger partial charge in [0.25, 0.3) is 0 Å². The molecule has 0 fully saturated rings. The van der Waals surface area contributed by atoms with Crippen LogP contribution in [0.5, 0.6) is 0 Å². The second kappa shape index (κ2) is 14.2. The Morgan fingerprint density at radius 3 is 1.45 bits per heavy atom. The highest BCUT2D eigenvalue weighted by molar-refractivity contribution is 6.37. The molecule has 3 nitrogen and oxygen atoms in total. The summed E-state index contributed by atoms with van der Waals surface area (Å²) in [4.78, 5) is 4.90. The van der Waals surface area contributed by atoms with E-state index in [4.69, 9.17) is 0 Å². The first-order valence-electron chi connectivity index (χ1n) is 22.7. The van der Waals surface area contributed by atoms with Crippen LogP contribution in [-0.2, 0) is 5.41 Å². The maximum absolute atomic E-state index is 2.57. The van der Waals surface area contributed by atoms with Gasteiger partial charge in [-0.15, -0.1) is 0 Å². The average Bonchev–Trinajstić information content (AvgIpc) is 3.85. The zero-order chi connectivity index (χ0) is 43.4. The van der Waals surface area contributed by atoms with Crippen molar-refractivity contribution in [3.63, 3.8) is 0 Å². The van der Waals surface area contributed by atoms with Gasteiger partial charge in [0.2, 0.25) is 0 Å². The zero-order valence-electron chi connectivity index (χ0n) is 36.6. The first-order valence-corrected chi connectivity index (χ1v) is 22.7. The van der Waals surface area contributed by atoms with Crippen LogP contribution >= 0.6 is 0 Å². The third kappa shape index (κ3) is 5.82. The smallest absolute Gasteiger partial charge is 0.0648 e. The summed E-state index contributed by atoms with van der Waals surface area (Å²) in [5.74, 6) is 0. The fraction of sp³-hybridized carbons (Fsp3) is 0.0645. The van der Waals surface area contributed by atoms with E-state index in [1.54, 1.807) is 0 Å². The Bertz CT molecular complexity index is 3990. The van der Waals surface area contributed by atoms with E-state index in [0.29, 0.717) is 0 Å². The minimum Gasteiger partial charge on any atom is -0.310 e.